The predicted octanol–water partition coefficient (Wildman–Crippen LogP) is 5.61. The molecule has 0 saturated heterocycles. The number of nitro benzene ring substituents is 2. The van der Waals surface area contributed by atoms with Crippen LogP contribution in [0.2, 0.25) is 5.02 Å². The number of rotatable bonds is 4. The Morgan fingerprint density at radius 1 is 1.07 bits per heavy atom. The average molecular weight is 419 g/mol. The van der Waals surface area contributed by atoms with Crippen molar-refractivity contribution >= 4 is 34.5 Å². The highest BCUT2D eigenvalue weighted by molar-refractivity contribution is 6.33. The number of halogens is 4. The van der Waals surface area contributed by atoms with Gasteiger partial charge in [0.15, 0.2) is 0 Å². The molecule has 2 rings (SSSR count). The smallest absolute Gasteiger partial charge is 0.333 e. The van der Waals surface area contributed by atoms with E-state index < -0.39 is 43.4 Å². The van der Waals surface area contributed by atoms with Gasteiger partial charge in [-0.25, -0.2) is 4.98 Å². The van der Waals surface area contributed by atoms with E-state index in [1.54, 1.807) is 20.8 Å². The zero-order valence-electron chi connectivity index (χ0n) is 14.8. The van der Waals surface area contributed by atoms with Crippen molar-refractivity contribution in [3.63, 3.8) is 0 Å². The van der Waals surface area contributed by atoms with Gasteiger partial charge in [-0.1, -0.05) is 32.4 Å². The van der Waals surface area contributed by atoms with Crippen LogP contribution in [0.25, 0.3) is 0 Å². The molecule has 2 aromatic rings. The van der Waals surface area contributed by atoms with Crippen LogP contribution in [0.3, 0.4) is 0 Å². The first kappa shape index (κ1) is 21.4. The van der Waals surface area contributed by atoms with Crippen molar-refractivity contribution in [3.8, 4) is 0 Å². The summed E-state index contributed by atoms with van der Waals surface area (Å²) < 4.78 is 38.3. The summed E-state index contributed by atoms with van der Waals surface area (Å²) in [5.74, 6) is -0.253. The fraction of sp³-hybridized carbons (Fsp3) is 0.312. The van der Waals surface area contributed by atoms with Crippen molar-refractivity contribution in [2.24, 2.45) is 0 Å². The number of aromatic nitrogens is 1. The quantitative estimate of drug-likeness (QED) is 0.510. The van der Waals surface area contributed by atoms with Crippen LogP contribution in [0.1, 0.15) is 31.9 Å². The average Bonchev–Trinajstić information content (AvgIpc) is 2.54. The number of hydrogen-bond acceptors (Lipinski definition) is 6. The SMILES string of the molecule is CC(C)(C)c1cc([N+](=O)[O-])cc([N+](=O)[O-])c1Nc1ncc(C(F)(F)F)cc1Cl. The Hall–Kier alpha value is -2.95. The summed E-state index contributed by atoms with van der Waals surface area (Å²) >= 11 is 5.86. The third kappa shape index (κ3) is 4.47. The summed E-state index contributed by atoms with van der Waals surface area (Å²) in [5.41, 5.74) is -2.93. The summed E-state index contributed by atoms with van der Waals surface area (Å²) in [6.45, 7) is 5.01. The van der Waals surface area contributed by atoms with Crippen molar-refractivity contribution in [2.75, 3.05) is 5.32 Å². The van der Waals surface area contributed by atoms with Gasteiger partial charge in [0.25, 0.3) is 11.4 Å². The molecule has 0 aliphatic heterocycles. The summed E-state index contributed by atoms with van der Waals surface area (Å²) in [6, 6.07) is 2.55. The minimum Gasteiger partial charge on any atom is -0.333 e. The van der Waals surface area contributed by atoms with Crippen LogP contribution >= 0.6 is 11.6 Å². The van der Waals surface area contributed by atoms with Crippen LogP contribution in [0.15, 0.2) is 24.4 Å². The van der Waals surface area contributed by atoms with Gasteiger partial charge in [-0.3, -0.25) is 20.2 Å². The van der Waals surface area contributed by atoms with Gasteiger partial charge in [0.1, 0.15) is 11.5 Å². The number of nitrogens with one attached hydrogen (secondary N) is 1. The number of anilines is 2. The van der Waals surface area contributed by atoms with Crippen LogP contribution in [-0.4, -0.2) is 14.8 Å². The normalized spacial score (nSPS) is 12.0. The second-order valence-corrected chi connectivity index (χ2v) is 7.24. The molecule has 0 saturated carbocycles. The van der Waals surface area contributed by atoms with E-state index in [9.17, 15) is 33.4 Å². The zero-order valence-corrected chi connectivity index (χ0v) is 15.6. The van der Waals surface area contributed by atoms with Gasteiger partial charge < -0.3 is 5.32 Å². The molecule has 0 fully saturated rings. The molecule has 28 heavy (non-hydrogen) atoms. The fourth-order valence-electron chi connectivity index (χ4n) is 2.39. The lowest BCUT2D eigenvalue weighted by Gasteiger charge is -2.23. The maximum Gasteiger partial charge on any atom is 0.417 e. The molecule has 12 heteroatoms. The highest BCUT2D eigenvalue weighted by Crippen LogP contribution is 2.42. The third-order valence-corrected chi connectivity index (χ3v) is 4.02. The van der Waals surface area contributed by atoms with E-state index in [1.807, 2.05) is 0 Å². The Labute approximate surface area is 161 Å². The Morgan fingerprint density at radius 2 is 1.68 bits per heavy atom. The Bertz CT molecular complexity index is 958. The van der Waals surface area contributed by atoms with Crippen molar-refractivity contribution in [1.29, 1.82) is 0 Å². The van der Waals surface area contributed by atoms with Crippen LogP contribution < -0.4 is 5.32 Å². The van der Waals surface area contributed by atoms with Crippen LogP contribution in [0.4, 0.5) is 36.1 Å². The topological polar surface area (TPSA) is 111 Å². The summed E-state index contributed by atoms with van der Waals surface area (Å²) in [6.07, 6.45) is -4.13. The Morgan fingerprint density at radius 3 is 2.11 bits per heavy atom. The largest absolute Gasteiger partial charge is 0.417 e. The molecule has 1 aromatic heterocycles. The van der Waals surface area contributed by atoms with E-state index in [1.165, 1.54) is 0 Å². The molecule has 0 aliphatic rings. The lowest BCUT2D eigenvalue weighted by molar-refractivity contribution is -0.393. The number of alkyl halides is 3. The summed E-state index contributed by atoms with van der Waals surface area (Å²) in [7, 11) is 0. The maximum absolute atomic E-state index is 12.8. The molecule has 0 aliphatic carbocycles. The predicted molar refractivity (Wildman–Crippen MR) is 96.0 cm³/mol. The number of hydrogen-bond donors (Lipinski definition) is 1. The highest BCUT2D eigenvalue weighted by atomic mass is 35.5. The van der Waals surface area contributed by atoms with Gasteiger partial charge in [0.05, 0.1) is 26.5 Å². The van der Waals surface area contributed by atoms with E-state index in [4.69, 9.17) is 11.6 Å². The van der Waals surface area contributed by atoms with Crippen molar-refractivity contribution in [1.82, 2.24) is 4.98 Å². The lowest BCUT2D eigenvalue weighted by atomic mass is 9.85. The Kier molecular flexibility index (Phi) is 5.51. The zero-order chi connectivity index (χ0) is 21.4. The molecule has 1 aromatic carbocycles. The van der Waals surface area contributed by atoms with E-state index in [-0.39, 0.29) is 17.1 Å². The van der Waals surface area contributed by atoms with Gasteiger partial charge in [-0.2, -0.15) is 13.2 Å². The van der Waals surface area contributed by atoms with E-state index in [0.717, 1.165) is 12.1 Å². The van der Waals surface area contributed by atoms with Crippen LogP contribution in [-0.2, 0) is 11.6 Å². The lowest BCUT2D eigenvalue weighted by Crippen LogP contribution is -2.16. The molecule has 1 heterocycles. The second kappa shape index (κ2) is 7.23. The molecule has 0 unspecified atom stereocenters. The van der Waals surface area contributed by atoms with Gasteiger partial charge in [-0.05, 0) is 17.0 Å². The molecule has 0 bridgehead atoms. The fourth-order valence-corrected chi connectivity index (χ4v) is 2.60. The van der Waals surface area contributed by atoms with E-state index in [0.29, 0.717) is 12.3 Å². The molecular weight excluding hydrogens is 405 g/mol. The number of non-ortho nitro benzene ring substituents is 1. The highest BCUT2D eigenvalue weighted by Gasteiger charge is 2.33. The first-order chi connectivity index (χ1) is 12.7. The van der Waals surface area contributed by atoms with Crippen LogP contribution in [0.5, 0.6) is 0 Å². The van der Waals surface area contributed by atoms with Crippen molar-refractivity contribution in [2.45, 2.75) is 32.4 Å². The number of nitro groups is 2. The first-order valence-electron chi connectivity index (χ1n) is 7.69. The number of nitrogens with zero attached hydrogens (tertiary/aromatic N) is 3. The van der Waals surface area contributed by atoms with Crippen molar-refractivity contribution < 1.29 is 23.0 Å². The summed E-state index contributed by atoms with van der Waals surface area (Å²) in [5, 5.41) is 24.8. The standard InChI is InChI=1S/C16H14ClF3N4O4/c1-15(2,3)10-5-9(23(25)26)6-12(24(27)28)13(10)22-14-11(17)4-8(7-21-14)16(18,19)20/h4-7H,1-3H3,(H,21,22). The van der Waals surface area contributed by atoms with Gasteiger partial charge in [0, 0.05) is 12.3 Å². The monoisotopic (exact) mass is 418 g/mol. The molecule has 0 amide bonds. The third-order valence-electron chi connectivity index (χ3n) is 3.73. The maximum atomic E-state index is 12.8. The van der Waals surface area contributed by atoms with Gasteiger partial charge in [0.2, 0.25) is 0 Å². The van der Waals surface area contributed by atoms with Gasteiger partial charge in [-0.15, -0.1) is 0 Å². The minimum absolute atomic E-state index is 0.141. The van der Waals surface area contributed by atoms with Gasteiger partial charge >= 0.3 is 6.18 Å². The molecule has 1 N–H and O–H groups in total. The number of pyridine rings is 1. The second-order valence-electron chi connectivity index (χ2n) is 6.83. The molecule has 0 atom stereocenters. The van der Waals surface area contributed by atoms with E-state index in [2.05, 4.69) is 10.3 Å². The number of benzene rings is 1. The van der Waals surface area contributed by atoms with Crippen LogP contribution in [0, 0.1) is 20.2 Å². The summed E-state index contributed by atoms with van der Waals surface area (Å²) in [4.78, 5) is 24.6. The van der Waals surface area contributed by atoms with Crippen molar-refractivity contribution in [3.05, 3.63) is 60.8 Å². The van der Waals surface area contributed by atoms with E-state index >= 15 is 0 Å². The molecule has 0 radical (unpaired) electrons. The first-order valence-corrected chi connectivity index (χ1v) is 8.06. The minimum atomic E-state index is -4.66. The Balaban J connectivity index is 2.68. The molecular formula is C16H14ClF3N4O4. The molecule has 0 spiro atoms. The molecule has 8 nitrogen and oxygen atoms in total. The molecule has 150 valence electrons.